The Morgan fingerprint density at radius 1 is 1.04 bits per heavy atom. The van der Waals surface area contributed by atoms with Crippen molar-refractivity contribution in [2.45, 2.75) is 39.1 Å². The number of pyridine rings is 1. The second-order valence-corrected chi connectivity index (χ2v) is 12.1. The normalized spacial score (nSPS) is 18.5. The SMILES string of the molecule is CCn1cncc1Cn1c(CN2CC3C(C2)C3c2nc(OCc3ccc(C#N)cc3F)ccc2F)nc2c(OC)cc(C(=O)OC)cc21. The van der Waals surface area contributed by atoms with Gasteiger partial charge >= 0.3 is 5.97 Å². The van der Waals surface area contributed by atoms with Crippen molar-refractivity contribution in [3.05, 3.63) is 101 Å². The van der Waals surface area contributed by atoms with Crippen molar-refractivity contribution in [2.75, 3.05) is 27.3 Å². The van der Waals surface area contributed by atoms with Crippen molar-refractivity contribution < 1.29 is 27.8 Å². The molecule has 2 aliphatic rings. The van der Waals surface area contributed by atoms with Gasteiger partial charge in [0.2, 0.25) is 5.88 Å². The van der Waals surface area contributed by atoms with E-state index in [2.05, 4.69) is 30.9 Å². The summed E-state index contributed by atoms with van der Waals surface area (Å²) >= 11 is 0. The molecule has 4 heterocycles. The Morgan fingerprint density at radius 2 is 1.85 bits per heavy atom. The maximum Gasteiger partial charge on any atom is 0.338 e. The summed E-state index contributed by atoms with van der Waals surface area (Å²) in [6.45, 7) is 5.22. The number of likely N-dealkylation sites (tertiary alicyclic amines) is 1. The van der Waals surface area contributed by atoms with Gasteiger partial charge in [-0.15, -0.1) is 0 Å². The van der Waals surface area contributed by atoms with Gasteiger partial charge in [-0.3, -0.25) is 4.90 Å². The summed E-state index contributed by atoms with van der Waals surface area (Å²) < 4.78 is 49.9. The van der Waals surface area contributed by atoms with Gasteiger partial charge in [0.05, 0.1) is 67.7 Å². The third kappa shape index (κ3) is 5.73. The number of rotatable bonds is 11. The van der Waals surface area contributed by atoms with Gasteiger partial charge < -0.3 is 23.3 Å². The molecule has 1 saturated heterocycles. The maximum absolute atomic E-state index is 15.0. The van der Waals surface area contributed by atoms with Gasteiger partial charge in [-0.2, -0.15) is 5.26 Å². The first kappa shape index (κ1) is 31.3. The molecule has 0 radical (unpaired) electrons. The van der Waals surface area contributed by atoms with Crippen molar-refractivity contribution in [1.29, 1.82) is 5.26 Å². The first-order chi connectivity index (χ1) is 23.3. The molecule has 0 spiro atoms. The van der Waals surface area contributed by atoms with Gasteiger partial charge in [0.25, 0.3) is 0 Å². The van der Waals surface area contributed by atoms with Gasteiger partial charge in [-0.1, -0.05) is 6.07 Å². The summed E-state index contributed by atoms with van der Waals surface area (Å²) in [7, 11) is 2.89. The van der Waals surface area contributed by atoms with Crippen LogP contribution in [0.25, 0.3) is 11.0 Å². The van der Waals surface area contributed by atoms with Crippen molar-refractivity contribution in [2.24, 2.45) is 11.8 Å². The minimum absolute atomic E-state index is 0.0446. The van der Waals surface area contributed by atoms with Crippen LogP contribution in [0.15, 0.2) is 55.0 Å². The summed E-state index contributed by atoms with van der Waals surface area (Å²) in [6.07, 6.45) is 3.62. The lowest BCUT2D eigenvalue weighted by atomic mass is 10.1. The number of carbonyl (C=O) groups is 1. The van der Waals surface area contributed by atoms with Gasteiger partial charge in [0, 0.05) is 43.4 Å². The highest BCUT2D eigenvalue weighted by Crippen LogP contribution is 2.58. The van der Waals surface area contributed by atoms with E-state index >= 15 is 4.39 Å². The second kappa shape index (κ2) is 12.7. The molecule has 0 N–H and O–H groups in total. The van der Waals surface area contributed by atoms with Gasteiger partial charge in [-0.05, 0) is 49.1 Å². The third-order valence-corrected chi connectivity index (χ3v) is 9.35. The fourth-order valence-electron chi connectivity index (χ4n) is 6.84. The molecule has 3 aromatic heterocycles. The smallest absolute Gasteiger partial charge is 0.338 e. The molecule has 1 saturated carbocycles. The van der Waals surface area contributed by atoms with E-state index < -0.39 is 11.8 Å². The first-order valence-corrected chi connectivity index (χ1v) is 15.7. The summed E-state index contributed by atoms with van der Waals surface area (Å²) in [5, 5.41) is 8.97. The van der Waals surface area contributed by atoms with Crippen LogP contribution in [-0.2, 0) is 31.0 Å². The van der Waals surface area contributed by atoms with Crippen molar-refractivity contribution in [1.82, 2.24) is 29.0 Å². The molecule has 1 aliphatic carbocycles. The molecule has 0 amide bonds. The number of ether oxygens (including phenoxy) is 3. The number of carbonyl (C=O) groups excluding carboxylic acids is 1. The van der Waals surface area contributed by atoms with Crippen LogP contribution in [0.1, 0.15) is 51.5 Å². The minimum Gasteiger partial charge on any atom is -0.494 e. The molecule has 1 aliphatic heterocycles. The number of piperidine rings is 1. The lowest BCUT2D eigenvalue weighted by Gasteiger charge is -2.20. The maximum atomic E-state index is 15.0. The second-order valence-electron chi connectivity index (χ2n) is 12.1. The van der Waals surface area contributed by atoms with E-state index in [1.54, 1.807) is 25.6 Å². The number of nitriles is 1. The molecule has 2 atom stereocenters. The highest BCUT2D eigenvalue weighted by molar-refractivity contribution is 5.96. The number of hydrogen-bond acceptors (Lipinski definition) is 9. The fourth-order valence-corrected chi connectivity index (χ4v) is 6.84. The number of aryl methyl sites for hydroxylation is 1. The monoisotopic (exact) mass is 653 g/mol. The Bertz CT molecular complexity index is 2060. The van der Waals surface area contributed by atoms with Crippen LogP contribution in [-0.4, -0.2) is 62.3 Å². The minimum atomic E-state index is -0.542. The van der Waals surface area contributed by atoms with E-state index in [0.29, 0.717) is 35.6 Å². The number of imidazole rings is 2. The van der Waals surface area contributed by atoms with E-state index in [0.717, 1.165) is 42.7 Å². The van der Waals surface area contributed by atoms with Crippen LogP contribution in [0.4, 0.5) is 8.78 Å². The first-order valence-electron chi connectivity index (χ1n) is 15.7. The highest BCUT2D eigenvalue weighted by Gasteiger charge is 2.57. The average Bonchev–Trinajstić information content (AvgIpc) is 3.44. The number of methoxy groups -OCH3 is 2. The Balaban J connectivity index is 1.09. The van der Waals surface area contributed by atoms with Crippen LogP contribution in [0.2, 0.25) is 0 Å². The standard InChI is InChI=1S/C35H33F2N7O4/c1-4-43-19-39-13-23(43)14-44-28-10-22(35(45)47-3)11-29(46-2)34(28)40-30(44)17-42-15-24-25(16-42)32(24)33-26(36)7-8-31(41-33)48-18-21-6-5-20(12-38)9-27(21)37/h5-11,13,19,24-25,32H,4,14-18H2,1-3H3. The summed E-state index contributed by atoms with van der Waals surface area (Å²) in [5.74, 6) is 0.505. The van der Waals surface area contributed by atoms with Crippen molar-refractivity contribution in [3.63, 3.8) is 0 Å². The number of benzene rings is 2. The van der Waals surface area contributed by atoms with E-state index in [1.165, 1.54) is 31.4 Å². The number of hydrogen-bond donors (Lipinski definition) is 0. The molecule has 48 heavy (non-hydrogen) atoms. The van der Waals surface area contributed by atoms with E-state index in [9.17, 15) is 9.18 Å². The number of halogens is 2. The molecule has 2 aromatic carbocycles. The third-order valence-electron chi connectivity index (χ3n) is 9.35. The van der Waals surface area contributed by atoms with Crippen molar-refractivity contribution >= 4 is 17.0 Å². The number of nitrogens with zero attached hydrogens (tertiary/aromatic N) is 7. The topological polar surface area (TPSA) is 120 Å². The molecule has 0 bridgehead atoms. The molecule has 2 fully saturated rings. The molecular weight excluding hydrogens is 620 g/mol. The summed E-state index contributed by atoms with van der Waals surface area (Å²) in [4.78, 5) is 28.6. The number of esters is 1. The number of aromatic nitrogens is 5. The molecule has 7 rings (SSSR count). The van der Waals surface area contributed by atoms with E-state index in [1.807, 2.05) is 12.3 Å². The van der Waals surface area contributed by atoms with Crippen molar-refractivity contribution in [3.8, 4) is 17.7 Å². The van der Waals surface area contributed by atoms with Gasteiger partial charge in [0.1, 0.15) is 35.3 Å². The fraction of sp³-hybridized carbons (Fsp3) is 0.343. The zero-order valence-corrected chi connectivity index (χ0v) is 26.7. The molecule has 5 aromatic rings. The Morgan fingerprint density at radius 3 is 2.56 bits per heavy atom. The largest absolute Gasteiger partial charge is 0.494 e. The quantitative estimate of drug-likeness (QED) is 0.180. The van der Waals surface area contributed by atoms with Crippen LogP contribution in [0, 0.1) is 34.8 Å². The van der Waals surface area contributed by atoms with E-state index in [-0.39, 0.29) is 47.2 Å². The molecule has 2 unspecified atom stereocenters. The predicted molar refractivity (Wildman–Crippen MR) is 169 cm³/mol. The molecule has 13 heteroatoms. The molecule has 246 valence electrons. The zero-order valence-electron chi connectivity index (χ0n) is 26.7. The Hall–Kier alpha value is -5.35. The molecular formula is C35H33F2N7O4. The van der Waals surface area contributed by atoms with Crippen LogP contribution >= 0.6 is 0 Å². The van der Waals surface area contributed by atoms with Crippen LogP contribution in [0.5, 0.6) is 11.6 Å². The number of fused-ring (bicyclic) bond motifs is 2. The Kier molecular flexibility index (Phi) is 8.26. The molecule has 11 nitrogen and oxygen atoms in total. The van der Waals surface area contributed by atoms with Gasteiger partial charge in [0.15, 0.2) is 0 Å². The summed E-state index contributed by atoms with van der Waals surface area (Å²) in [6, 6.07) is 12.3. The zero-order chi connectivity index (χ0) is 33.5. The lowest BCUT2D eigenvalue weighted by Crippen LogP contribution is -2.26. The van der Waals surface area contributed by atoms with E-state index in [4.69, 9.17) is 24.5 Å². The lowest BCUT2D eigenvalue weighted by molar-refractivity contribution is 0.0600. The van der Waals surface area contributed by atoms with Crippen LogP contribution in [0.3, 0.4) is 0 Å². The highest BCUT2D eigenvalue weighted by atomic mass is 19.1. The predicted octanol–water partition coefficient (Wildman–Crippen LogP) is 5.07. The Labute approximate surface area is 275 Å². The van der Waals surface area contributed by atoms with Gasteiger partial charge in [-0.25, -0.2) is 28.5 Å². The summed E-state index contributed by atoms with van der Waals surface area (Å²) in [5.41, 5.74) is 3.63. The van der Waals surface area contributed by atoms with Crippen LogP contribution < -0.4 is 9.47 Å². The average molecular weight is 654 g/mol.